The highest BCUT2D eigenvalue weighted by Gasteiger charge is 2.00. The van der Waals surface area contributed by atoms with Gasteiger partial charge in [0, 0.05) is 12.2 Å². The average molecular weight is 295 g/mol. The van der Waals surface area contributed by atoms with Gasteiger partial charge in [-0.05, 0) is 52.7 Å². The van der Waals surface area contributed by atoms with E-state index in [1.54, 1.807) is 18.3 Å². The topological polar surface area (TPSA) is 24.9 Å². The summed E-state index contributed by atoms with van der Waals surface area (Å²) in [6.07, 6.45) is 1.79. The van der Waals surface area contributed by atoms with E-state index in [2.05, 4.69) is 26.2 Å². The van der Waals surface area contributed by atoms with Crippen molar-refractivity contribution in [2.45, 2.75) is 13.5 Å². The molecule has 0 aliphatic carbocycles. The van der Waals surface area contributed by atoms with E-state index in [4.69, 9.17) is 0 Å². The summed E-state index contributed by atoms with van der Waals surface area (Å²) in [5.41, 5.74) is 2.95. The maximum absolute atomic E-state index is 13.0. The predicted molar refractivity (Wildman–Crippen MR) is 70.4 cm³/mol. The van der Waals surface area contributed by atoms with Crippen molar-refractivity contribution in [1.82, 2.24) is 4.98 Å². The number of benzene rings is 1. The Hall–Kier alpha value is -1.42. The van der Waals surface area contributed by atoms with Gasteiger partial charge in [-0.15, -0.1) is 0 Å². The van der Waals surface area contributed by atoms with Gasteiger partial charge in [0.1, 0.15) is 5.82 Å². The molecule has 1 heterocycles. The van der Waals surface area contributed by atoms with Gasteiger partial charge in [-0.2, -0.15) is 0 Å². The number of hydrogen-bond acceptors (Lipinski definition) is 2. The van der Waals surface area contributed by atoms with Gasteiger partial charge in [-0.1, -0.05) is 6.07 Å². The van der Waals surface area contributed by atoms with Crippen molar-refractivity contribution in [3.63, 3.8) is 0 Å². The standard InChI is InChI=1S/C13H12BrFN2/c1-9-2-4-11(8-16-9)17-7-10-3-5-13(15)12(14)6-10/h2-6,8,17H,7H2,1H3. The van der Waals surface area contributed by atoms with Crippen LogP contribution in [0.25, 0.3) is 0 Å². The van der Waals surface area contributed by atoms with Crippen LogP contribution in [0.2, 0.25) is 0 Å². The summed E-state index contributed by atoms with van der Waals surface area (Å²) in [4.78, 5) is 4.19. The van der Waals surface area contributed by atoms with Crippen molar-refractivity contribution in [3.05, 3.63) is 58.1 Å². The maximum Gasteiger partial charge on any atom is 0.137 e. The first-order valence-corrected chi connectivity index (χ1v) is 6.05. The molecule has 0 spiro atoms. The van der Waals surface area contributed by atoms with Gasteiger partial charge in [0.15, 0.2) is 0 Å². The Labute approximate surface area is 108 Å². The van der Waals surface area contributed by atoms with E-state index in [-0.39, 0.29) is 5.82 Å². The lowest BCUT2D eigenvalue weighted by Crippen LogP contribution is -2.00. The molecule has 0 saturated heterocycles. The molecule has 0 fully saturated rings. The zero-order chi connectivity index (χ0) is 12.3. The molecule has 2 aromatic rings. The van der Waals surface area contributed by atoms with Crippen LogP contribution in [-0.4, -0.2) is 4.98 Å². The highest BCUT2D eigenvalue weighted by atomic mass is 79.9. The molecule has 0 aliphatic heterocycles. The number of aromatic nitrogens is 1. The molecule has 0 bridgehead atoms. The molecule has 0 unspecified atom stereocenters. The minimum atomic E-state index is -0.245. The van der Waals surface area contributed by atoms with Gasteiger partial charge in [-0.25, -0.2) is 4.39 Å². The van der Waals surface area contributed by atoms with Gasteiger partial charge >= 0.3 is 0 Å². The third-order valence-corrected chi connectivity index (χ3v) is 3.00. The monoisotopic (exact) mass is 294 g/mol. The van der Waals surface area contributed by atoms with E-state index in [0.717, 1.165) is 16.9 Å². The molecule has 0 amide bonds. The second-order valence-electron chi connectivity index (χ2n) is 3.79. The number of aryl methyl sites for hydroxylation is 1. The molecule has 0 saturated carbocycles. The minimum Gasteiger partial charge on any atom is -0.380 e. The molecule has 0 aliphatic rings. The number of hydrogen-bond donors (Lipinski definition) is 1. The summed E-state index contributed by atoms with van der Waals surface area (Å²) in [5, 5.41) is 3.23. The summed E-state index contributed by atoms with van der Waals surface area (Å²) in [6, 6.07) is 8.90. The Balaban J connectivity index is 2.02. The lowest BCUT2D eigenvalue weighted by atomic mass is 10.2. The van der Waals surface area contributed by atoms with Crippen molar-refractivity contribution >= 4 is 21.6 Å². The number of rotatable bonds is 3. The van der Waals surface area contributed by atoms with Crippen molar-refractivity contribution in [3.8, 4) is 0 Å². The highest BCUT2D eigenvalue weighted by Crippen LogP contribution is 2.17. The quantitative estimate of drug-likeness (QED) is 0.928. The van der Waals surface area contributed by atoms with Crippen LogP contribution in [0, 0.1) is 12.7 Å². The van der Waals surface area contributed by atoms with E-state index < -0.39 is 0 Å². The lowest BCUT2D eigenvalue weighted by molar-refractivity contribution is 0.620. The fraction of sp³-hybridized carbons (Fsp3) is 0.154. The smallest absolute Gasteiger partial charge is 0.137 e. The zero-order valence-electron chi connectivity index (χ0n) is 9.37. The average Bonchev–Trinajstić information content (AvgIpc) is 2.33. The Morgan fingerprint density at radius 3 is 2.76 bits per heavy atom. The molecule has 2 nitrogen and oxygen atoms in total. The molecule has 1 N–H and O–H groups in total. The van der Waals surface area contributed by atoms with Crippen LogP contribution in [0.1, 0.15) is 11.3 Å². The van der Waals surface area contributed by atoms with Crippen LogP contribution < -0.4 is 5.32 Å². The zero-order valence-corrected chi connectivity index (χ0v) is 11.0. The fourth-order valence-electron chi connectivity index (χ4n) is 1.43. The summed E-state index contributed by atoms with van der Waals surface area (Å²) in [6.45, 7) is 2.59. The van der Waals surface area contributed by atoms with Gasteiger partial charge in [0.25, 0.3) is 0 Å². The molecule has 0 radical (unpaired) electrons. The molecular formula is C13H12BrFN2. The fourth-order valence-corrected chi connectivity index (χ4v) is 1.85. The Bertz CT molecular complexity index is 511. The summed E-state index contributed by atoms with van der Waals surface area (Å²) < 4.78 is 13.5. The first-order valence-electron chi connectivity index (χ1n) is 5.25. The molecule has 88 valence electrons. The largest absolute Gasteiger partial charge is 0.380 e. The van der Waals surface area contributed by atoms with E-state index in [1.165, 1.54) is 6.07 Å². The van der Waals surface area contributed by atoms with Crippen LogP contribution in [-0.2, 0) is 6.54 Å². The third-order valence-electron chi connectivity index (χ3n) is 2.39. The Morgan fingerprint density at radius 1 is 1.29 bits per heavy atom. The van der Waals surface area contributed by atoms with E-state index in [0.29, 0.717) is 11.0 Å². The van der Waals surface area contributed by atoms with Crippen molar-refractivity contribution in [2.75, 3.05) is 5.32 Å². The van der Waals surface area contributed by atoms with Gasteiger partial charge in [0.05, 0.1) is 16.4 Å². The van der Waals surface area contributed by atoms with E-state index in [9.17, 15) is 4.39 Å². The molecule has 2 rings (SSSR count). The van der Waals surface area contributed by atoms with Crippen LogP contribution >= 0.6 is 15.9 Å². The van der Waals surface area contributed by atoms with Crippen molar-refractivity contribution in [1.29, 1.82) is 0 Å². The Morgan fingerprint density at radius 2 is 2.12 bits per heavy atom. The second kappa shape index (κ2) is 5.27. The van der Waals surface area contributed by atoms with E-state index >= 15 is 0 Å². The Kier molecular flexibility index (Phi) is 3.74. The predicted octanol–water partition coefficient (Wildman–Crippen LogP) is 3.90. The number of nitrogens with zero attached hydrogens (tertiary/aromatic N) is 1. The molecule has 1 aromatic carbocycles. The third kappa shape index (κ3) is 3.27. The van der Waals surface area contributed by atoms with E-state index in [1.807, 2.05) is 19.1 Å². The van der Waals surface area contributed by atoms with Crippen LogP contribution in [0.3, 0.4) is 0 Å². The number of pyridine rings is 1. The lowest BCUT2D eigenvalue weighted by Gasteiger charge is -2.07. The summed E-state index contributed by atoms with van der Waals surface area (Å²) >= 11 is 3.17. The molecular weight excluding hydrogens is 283 g/mol. The first-order chi connectivity index (χ1) is 8.15. The van der Waals surface area contributed by atoms with Crippen LogP contribution in [0.15, 0.2) is 41.0 Å². The highest BCUT2D eigenvalue weighted by molar-refractivity contribution is 9.10. The number of anilines is 1. The van der Waals surface area contributed by atoms with Gasteiger partial charge in [-0.3, -0.25) is 4.98 Å². The van der Waals surface area contributed by atoms with Crippen LogP contribution in [0.5, 0.6) is 0 Å². The summed E-state index contributed by atoms with van der Waals surface area (Å²) in [7, 11) is 0. The molecule has 4 heteroatoms. The first kappa shape index (κ1) is 12.0. The number of nitrogens with one attached hydrogen (secondary N) is 1. The van der Waals surface area contributed by atoms with Crippen molar-refractivity contribution < 1.29 is 4.39 Å². The normalized spacial score (nSPS) is 10.3. The SMILES string of the molecule is Cc1ccc(NCc2ccc(F)c(Br)c2)cn1. The summed E-state index contributed by atoms with van der Waals surface area (Å²) in [5.74, 6) is -0.245. The van der Waals surface area contributed by atoms with Gasteiger partial charge < -0.3 is 5.32 Å². The second-order valence-corrected chi connectivity index (χ2v) is 4.64. The molecule has 1 aromatic heterocycles. The molecule has 0 atom stereocenters. The molecule has 17 heavy (non-hydrogen) atoms. The number of halogens is 2. The van der Waals surface area contributed by atoms with Crippen LogP contribution in [0.4, 0.5) is 10.1 Å². The van der Waals surface area contributed by atoms with Gasteiger partial charge in [0.2, 0.25) is 0 Å². The van der Waals surface area contributed by atoms with Crippen molar-refractivity contribution in [2.24, 2.45) is 0 Å². The minimum absolute atomic E-state index is 0.245. The maximum atomic E-state index is 13.0.